The van der Waals surface area contributed by atoms with Gasteiger partial charge in [-0.3, -0.25) is 4.79 Å². The molecular formula is C20H41NO2. The van der Waals surface area contributed by atoms with Gasteiger partial charge in [0.15, 0.2) is 0 Å². The van der Waals surface area contributed by atoms with Crippen LogP contribution in [0, 0.1) is 0 Å². The Balaban J connectivity index is 3.01. The second-order valence-corrected chi connectivity index (χ2v) is 6.65. The number of carbonyl (C=O) groups excluding carboxylic acids is 1. The lowest BCUT2D eigenvalue weighted by Gasteiger charge is -2.04. The summed E-state index contributed by atoms with van der Waals surface area (Å²) >= 11 is 0. The zero-order chi connectivity index (χ0) is 17.0. The number of ether oxygens (including phenoxy) is 1. The Morgan fingerprint density at radius 3 is 1.35 bits per heavy atom. The van der Waals surface area contributed by atoms with E-state index in [-0.39, 0.29) is 5.97 Å². The van der Waals surface area contributed by atoms with Gasteiger partial charge in [0.1, 0.15) is 0 Å². The predicted octanol–water partition coefficient (Wildman–Crippen LogP) is 5.75. The molecule has 0 aliphatic rings. The third-order valence-corrected chi connectivity index (χ3v) is 4.39. The van der Waals surface area contributed by atoms with Crippen molar-refractivity contribution in [2.24, 2.45) is 5.73 Å². The van der Waals surface area contributed by atoms with E-state index >= 15 is 0 Å². The number of nitrogens with two attached hydrogens (primary N) is 1. The van der Waals surface area contributed by atoms with Crippen molar-refractivity contribution in [3.05, 3.63) is 0 Å². The van der Waals surface area contributed by atoms with Crippen LogP contribution in [0.25, 0.3) is 0 Å². The normalized spacial score (nSPS) is 10.9. The van der Waals surface area contributed by atoms with Crippen LogP contribution in [0.2, 0.25) is 0 Å². The Hall–Kier alpha value is -0.570. The fourth-order valence-electron chi connectivity index (χ4n) is 2.94. The third kappa shape index (κ3) is 19.4. The van der Waals surface area contributed by atoms with Crippen molar-refractivity contribution >= 4 is 5.97 Å². The maximum Gasteiger partial charge on any atom is 0.305 e. The summed E-state index contributed by atoms with van der Waals surface area (Å²) in [5.74, 6) is -0.0353. The fraction of sp³-hybridized carbons (Fsp3) is 0.950. The number of carbonyl (C=O) groups is 1. The molecular weight excluding hydrogens is 286 g/mol. The summed E-state index contributed by atoms with van der Waals surface area (Å²) in [6, 6.07) is 0. The molecule has 2 N–H and O–H groups in total. The Morgan fingerprint density at radius 2 is 1.00 bits per heavy atom. The lowest BCUT2D eigenvalue weighted by atomic mass is 10.0. The van der Waals surface area contributed by atoms with Crippen LogP contribution in [-0.4, -0.2) is 19.1 Å². The molecule has 0 saturated heterocycles. The summed E-state index contributed by atoms with van der Waals surface area (Å²) in [6.07, 6.45) is 20.4. The van der Waals surface area contributed by atoms with E-state index in [1.54, 1.807) is 0 Å². The van der Waals surface area contributed by atoms with Crippen LogP contribution in [0.1, 0.15) is 110 Å². The molecule has 0 aromatic carbocycles. The summed E-state index contributed by atoms with van der Waals surface area (Å²) in [5.41, 5.74) is 5.49. The van der Waals surface area contributed by atoms with Crippen LogP contribution in [0.15, 0.2) is 0 Å². The van der Waals surface area contributed by atoms with Crippen molar-refractivity contribution in [3.8, 4) is 0 Å². The van der Waals surface area contributed by atoms with Gasteiger partial charge in [-0.1, -0.05) is 83.5 Å². The molecule has 3 nitrogen and oxygen atoms in total. The second kappa shape index (κ2) is 19.5. The fourth-order valence-corrected chi connectivity index (χ4v) is 2.94. The molecule has 23 heavy (non-hydrogen) atoms. The minimum Gasteiger partial charge on any atom is -0.466 e. The zero-order valence-electron chi connectivity index (χ0n) is 15.6. The molecule has 0 unspecified atom stereocenters. The standard InChI is InChI=1S/C20H41NO2/c1-2-23-20(22)18-16-14-12-10-8-6-4-3-5-7-9-11-13-15-17-19-21/h2-19,21H2,1H3. The van der Waals surface area contributed by atoms with Gasteiger partial charge in [0, 0.05) is 6.42 Å². The highest BCUT2D eigenvalue weighted by molar-refractivity contribution is 5.69. The van der Waals surface area contributed by atoms with Crippen LogP contribution in [-0.2, 0) is 9.53 Å². The van der Waals surface area contributed by atoms with Crippen LogP contribution < -0.4 is 5.73 Å². The minimum absolute atomic E-state index is 0.0353. The molecule has 0 aromatic rings. The molecule has 0 fully saturated rings. The van der Waals surface area contributed by atoms with E-state index in [0.717, 1.165) is 13.0 Å². The first-order valence-corrected chi connectivity index (χ1v) is 10.2. The number of rotatable bonds is 18. The summed E-state index contributed by atoms with van der Waals surface area (Å²) in [6.45, 7) is 3.22. The van der Waals surface area contributed by atoms with E-state index < -0.39 is 0 Å². The first-order valence-electron chi connectivity index (χ1n) is 10.2. The van der Waals surface area contributed by atoms with Gasteiger partial charge in [-0.2, -0.15) is 0 Å². The quantitative estimate of drug-likeness (QED) is 0.257. The highest BCUT2D eigenvalue weighted by Crippen LogP contribution is 2.13. The summed E-state index contributed by atoms with van der Waals surface area (Å²) < 4.78 is 4.92. The van der Waals surface area contributed by atoms with Crippen LogP contribution in [0.4, 0.5) is 0 Å². The Kier molecular flexibility index (Phi) is 19.0. The maximum absolute atomic E-state index is 11.2. The van der Waals surface area contributed by atoms with Gasteiger partial charge in [-0.05, 0) is 26.3 Å². The van der Waals surface area contributed by atoms with Gasteiger partial charge < -0.3 is 10.5 Å². The molecule has 0 radical (unpaired) electrons. The topological polar surface area (TPSA) is 52.3 Å². The zero-order valence-corrected chi connectivity index (χ0v) is 15.6. The molecule has 0 bridgehead atoms. The molecule has 0 aromatic heterocycles. The summed E-state index contributed by atoms with van der Waals surface area (Å²) in [7, 11) is 0. The van der Waals surface area contributed by atoms with Crippen molar-refractivity contribution in [1.82, 2.24) is 0 Å². The molecule has 0 heterocycles. The molecule has 0 aliphatic carbocycles. The number of unbranched alkanes of at least 4 members (excludes halogenated alkanes) is 14. The van der Waals surface area contributed by atoms with Crippen molar-refractivity contribution in [2.75, 3.05) is 13.2 Å². The molecule has 0 aliphatic heterocycles. The van der Waals surface area contributed by atoms with E-state index in [1.165, 1.54) is 89.9 Å². The molecule has 0 saturated carbocycles. The molecule has 0 spiro atoms. The number of hydrogen-bond donors (Lipinski definition) is 1. The van der Waals surface area contributed by atoms with Gasteiger partial charge in [-0.15, -0.1) is 0 Å². The maximum atomic E-state index is 11.2. The van der Waals surface area contributed by atoms with E-state index in [9.17, 15) is 4.79 Å². The van der Waals surface area contributed by atoms with E-state index in [4.69, 9.17) is 10.5 Å². The minimum atomic E-state index is -0.0353. The lowest BCUT2D eigenvalue weighted by molar-refractivity contribution is -0.143. The highest BCUT2D eigenvalue weighted by atomic mass is 16.5. The van der Waals surface area contributed by atoms with Crippen molar-refractivity contribution in [2.45, 2.75) is 110 Å². The monoisotopic (exact) mass is 327 g/mol. The first kappa shape index (κ1) is 22.4. The van der Waals surface area contributed by atoms with Gasteiger partial charge in [0.25, 0.3) is 0 Å². The molecule has 0 rings (SSSR count). The van der Waals surface area contributed by atoms with Crippen molar-refractivity contribution in [1.29, 1.82) is 0 Å². The first-order chi connectivity index (χ1) is 11.3. The van der Waals surface area contributed by atoms with Crippen molar-refractivity contribution in [3.63, 3.8) is 0 Å². The Bertz CT molecular complexity index is 244. The van der Waals surface area contributed by atoms with E-state index in [2.05, 4.69) is 0 Å². The van der Waals surface area contributed by atoms with Gasteiger partial charge >= 0.3 is 5.97 Å². The van der Waals surface area contributed by atoms with Crippen LogP contribution in [0.3, 0.4) is 0 Å². The molecule has 0 amide bonds. The molecule has 3 heteroatoms. The van der Waals surface area contributed by atoms with Gasteiger partial charge in [-0.25, -0.2) is 0 Å². The average molecular weight is 328 g/mol. The SMILES string of the molecule is CCOC(=O)CCCCCCCCCCCCCCCCCN. The molecule has 138 valence electrons. The Labute approximate surface area is 144 Å². The summed E-state index contributed by atoms with van der Waals surface area (Å²) in [5, 5.41) is 0. The number of hydrogen-bond acceptors (Lipinski definition) is 3. The Morgan fingerprint density at radius 1 is 0.652 bits per heavy atom. The third-order valence-electron chi connectivity index (χ3n) is 4.39. The number of esters is 1. The summed E-state index contributed by atoms with van der Waals surface area (Å²) in [4.78, 5) is 11.2. The predicted molar refractivity (Wildman–Crippen MR) is 99.6 cm³/mol. The van der Waals surface area contributed by atoms with Gasteiger partial charge in [0.05, 0.1) is 6.61 Å². The average Bonchev–Trinajstić information content (AvgIpc) is 2.54. The van der Waals surface area contributed by atoms with Crippen LogP contribution in [0.5, 0.6) is 0 Å². The largest absolute Gasteiger partial charge is 0.466 e. The van der Waals surface area contributed by atoms with Crippen LogP contribution >= 0.6 is 0 Å². The molecule has 0 atom stereocenters. The second-order valence-electron chi connectivity index (χ2n) is 6.65. The highest BCUT2D eigenvalue weighted by Gasteiger charge is 2.00. The van der Waals surface area contributed by atoms with Gasteiger partial charge in [0.2, 0.25) is 0 Å². The lowest BCUT2D eigenvalue weighted by Crippen LogP contribution is -2.03. The smallest absolute Gasteiger partial charge is 0.305 e. The van der Waals surface area contributed by atoms with E-state index in [0.29, 0.717) is 13.0 Å². The van der Waals surface area contributed by atoms with E-state index in [1.807, 2.05) is 6.92 Å². The van der Waals surface area contributed by atoms with Crippen molar-refractivity contribution < 1.29 is 9.53 Å².